The lowest BCUT2D eigenvalue weighted by molar-refractivity contribution is -0.133. The smallest absolute Gasteiger partial charge is 0.222 e. The van der Waals surface area contributed by atoms with Crippen molar-refractivity contribution in [1.29, 1.82) is 0 Å². The predicted octanol–water partition coefficient (Wildman–Crippen LogP) is 1.95. The third-order valence-corrected chi connectivity index (χ3v) is 5.24. The van der Waals surface area contributed by atoms with Crippen LogP contribution in [0.15, 0.2) is 24.3 Å². The maximum absolute atomic E-state index is 12.3. The maximum Gasteiger partial charge on any atom is 0.222 e. The monoisotopic (exact) mass is 329 g/mol. The molecule has 1 saturated heterocycles. The lowest BCUT2D eigenvalue weighted by atomic mass is 9.96. The number of carbonyl (C=O) groups excluding carboxylic acids is 2. The maximum atomic E-state index is 12.3. The number of nitrogens with zero attached hydrogens (tertiary/aromatic N) is 2. The van der Waals surface area contributed by atoms with Gasteiger partial charge in [-0.2, -0.15) is 0 Å². The van der Waals surface area contributed by atoms with Crippen molar-refractivity contribution >= 4 is 17.5 Å². The highest BCUT2D eigenvalue weighted by atomic mass is 16.2. The summed E-state index contributed by atoms with van der Waals surface area (Å²) in [6.07, 6.45) is 4.01. The van der Waals surface area contributed by atoms with E-state index >= 15 is 0 Å². The number of aryl methyl sites for hydroxylation is 1. The topological polar surface area (TPSA) is 52.7 Å². The Labute approximate surface area is 144 Å². The number of hydrogen-bond donors (Lipinski definition) is 1. The van der Waals surface area contributed by atoms with E-state index in [1.165, 1.54) is 11.3 Å². The van der Waals surface area contributed by atoms with Gasteiger partial charge in [0.2, 0.25) is 11.8 Å². The van der Waals surface area contributed by atoms with E-state index in [4.69, 9.17) is 0 Å². The SMILES string of the molecule is C[C@H]1CCc2ccccc2N1CCC(=O)N[C@@H]1CCC(=O)N(C)C1. The minimum Gasteiger partial charge on any atom is -0.368 e. The second-order valence-electron chi connectivity index (χ2n) is 7.04. The van der Waals surface area contributed by atoms with Gasteiger partial charge in [-0.05, 0) is 37.8 Å². The minimum absolute atomic E-state index is 0.0815. The van der Waals surface area contributed by atoms with Crippen molar-refractivity contribution < 1.29 is 9.59 Å². The van der Waals surface area contributed by atoms with Crippen LogP contribution >= 0.6 is 0 Å². The zero-order valence-electron chi connectivity index (χ0n) is 14.6. The highest BCUT2D eigenvalue weighted by Gasteiger charge is 2.26. The summed E-state index contributed by atoms with van der Waals surface area (Å²) in [5, 5.41) is 3.09. The molecule has 2 amide bonds. The summed E-state index contributed by atoms with van der Waals surface area (Å²) in [4.78, 5) is 27.9. The third-order valence-electron chi connectivity index (χ3n) is 5.24. The first kappa shape index (κ1) is 16.8. The molecular formula is C19H27N3O2. The molecule has 0 radical (unpaired) electrons. The summed E-state index contributed by atoms with van der Waals surface area (Å²) >= 11 is 0. The summed E-state index contributed by atoms with van der Waals surface area (Å²) in [5.41, 5.74) is 2.65. The molecule has 3 rings (SSSR count). The summed E-state index contributed by atoms with van der Waals surface area (Å²) < 4.78 is 0. The number of hydrogen-bond acceptors (Lipinski definition) is 3. The van der Waals surface area contributed by atoms with Crippen molar-refractivity contribution in [3.63, 3.8) is 0 Å². The summed E-state index contributed by atoms with van der Waals surface area (Å²) in [7, 11) is 1.80. The van der Waals surface area contributed by atoms with E-state index in [1.54, 1.807) is 11.9 Å². The van der Waals surface area contributed by atoms with Crippen LogP contribution in [0.4, 0.5) is 5.69 Å². The fourth-order valence-corrected chi connectivity index (χ4v) is 3.75. The fraction of sp³-hybridized carbons (Fsp3) is 0.579. The van der Waals surface area contributed by atoms with Gasteiger partial charge in [0, 0.05) is 50.7 Å². The number of likely N-dealkylation sites (N-methyl/N-ethyl adjacent to an activating group) is 1. The molecule has 130 valence electrons. The van der Waals surface area contributed by atoms with E-state index in [9.17, 15) is 9.59 Å². The van der Waals surface area contributed by atoms with Gasteiger partial charge < -0.3 is 15.1 Å². The number of amides is 2. The van der Waals surface area contributed by atoms with Gasteiger partial charge in [-0.1, -0.05) is 18.2 Å². The van der Waals surface area contributed by atoms with Crippen LogP contribution in [0.25, 0.3) is 0 Å². The Kier molecular flexibility index (Phi) is 5.07. The van der Waals surface area contributed by atoms with Crippen LogP contribution in [0.3, 0.4) is 0 Å². The molecule has 1 N–H and O–H groups in total. The van der Waals surface area contributed by atoms with E-state index in [0.717, 1.165) is 25.8 Å². The number of rotatable bonds is 4. The van der Waals surface area contributed by atoms with E-state index in [1.807, 2.05) is 0 Å². The van der Waals surface area contributed by atoms with Crippen LogP contribution in [-0.2, 0) is 16.0 Å². The molecule has 0 spiro atoms. The van der Waals surface area contributed by atoms with Gasteiger partial charge in [0.05, 0.1) is 0 Å². The molecule has 2 heterocycles. The Morgan fingerprint density at radius 2 is 2.04 bits per heavy atom. The van der Waals surface area contributed by atoms with E-state index in [-0.39, 0.29) is 17.9 Å². The van der Waals surface area contributed by atoms with Gasteiger partial charge in [-0.15, -0.1) is 0 Å². The van der Waals surface area contributed by atoms with Gasteiger partial charge in [0.25, 0.3) is 0 Å². The van der Waals surface area contributed by atoms with Crippen LogP contribution < -0.4 is 10.2 Å². The minimum atomic E-state index is 0.0815. The summed E-state index contributed by atoms with van der Waals surface area (Å²) in [5.74, 6) is 0.247. The van der Waals surface area contributed by atoms with E-state index < -0.39 is 0 Å². The third kappa shape index (κ3) is 3.71. The highest BCUT2D eigenvalue weighted by Crippen LogP contribution is 2.30. The van der Waals surface area contributed by atoms with Crippen LogP contribution in [0.2, 0.25) is 0 Å². The first-order valence-corrected chi connectivity index (χ1v) is 8.92. The van der Waals surface area contributed by atoms with Crippen LogP contribution in [0.5, 0.6) is 0 Å². The number of para-hydroxylation sites is 1. The lowest BCUT2D eigenvalue weighted by Gasteiger charge is -2.37. The predicted molar refractivity (Wildman–Crippen MR) is 95.0 cm³/mol. The van der Waals surface area contributed by atoms with E-state index in [2.05, 4.69) is 41.4 Å². The van der Waals surface area contributed by atoms with Gasteiger partial charge in [-0.25, -0.2) is 0 Å². The molecule has 0 aromatic heterocycles. The van der Waals surface area contributed by atoms with Crippen molar-refractivity contribution in [2.24, 2.45) is 0 Å². The number of anilines is 1. The van der Waals surface area contributed by atoms with Crippen LogP contribution in [0.1, 0.15) is 38.2 Å². The Morgan fingerprint density at radius 1 is 1.25 bits per heavy atom. The zero-order valence-corrected chi connectivity index (χ0v) is 14.6. The molecule has 1 aromatic carbocycles. The molecule has 2 aliphatic heterocycles. The number of piperidine rings is 1. The first-order chi connectivity index (χ1) is 11.5. The molecule has 0 aliphatic carbocycles. The van der Waals surface area contributed by atoms with Crippen LogP contribution in [0, 0.1) is 0 Å². The van der Waals surface area contributed by atoms with Crippen molar-refractivity contribution in [1.82, 2.24) is 10.2 Å². The molecule has 0 saturated carbocycles. The van der Waals surface area contributed by atoms with Crippen molar-refractivity contribution in [2.75, 3.05) is 25.0 Å². The molecule has 1 fully saturated rings. The Bertz CT molecular complexity index is 616. The molecule has 5 nitrogen and oxygen atoms in total. The van der Waals surface area contributed by atoms with E-state index in [0.29, 0.717) is 25.4 Å². The van der Waals surface area contributed by atoms with Gasteiger partial charge in [0.15, 0.2) is 0 Å². The highest BCUT2D eigenvalue weighted by molar-refractivity contribution is 5.79. The largest absolute Gasteiger partial charge is 0.368 e. The average molecular weight is 329 g/mol. The average Bonchev–Trinajstić information content (AvgIpc) is 2.57. The van der Waals surface area contributed by atoms with Crippen molar-refractivity contribution in [3.8, 4) is 0 Å². The first-order valence-electron chi connectivity index (χ1n) is 8.92. The normalized spacial score (nSPS) is 23.8. The number of benzene rings is 1. The zero-order chi connectivity index (χ0) is 17.1. The molecule has 24 heavy (non-hydrogen) atoms. The van der Waals surface area contributed by atoms with Crippen molar-refractivity contribution in [3.05, 3.63) is 29.8 Å². The van der Waals surface area contributed by atoms with Gasteiger partial charge in [0.1, 0.15) is 0 Å². The molecule has 2 atom stereocenters. The van der Waals surface area contributed by atoms with Gasteiger partial charge in [-0.3, -0.25) is 9.59 Å². The number of fused-ring (bicyclic) bond motifs is 1. The van der Waals surface area contributed by atoms with Crippen molar-refractivity contribution in [2.45, 2.75) is 51.1 Å². The lowest BCUT2D eigenvalue weighted by Crippen LogP contribution is -2.49. The quantitative estimate of drug-likeness (QED) is 0.919. The second kappa shape index (κ2) is 7.24. The molecule has 0 unspecified atom stereocenters. The molecule has 0 bridgehead atoms. The number of carbonyl (C=O) groups is 2. The number of likely N-dealkylation sites (tertiary alicyclic amines) is 1. The fourth-order valence-electron chi connectivity index (χ4n) is 3.75. The molecule has 1 aromatic rings. The number of nitrogens with one attached hydrogen (secondary N) is 1. The molecular weight excluding hydrogens is 302 g/mol. The summed E-state index contributed by atoms with van der Waals surface area (Å²) in [6.45, 7) is 3.59. The summed E-state index contributed by atoms with van der Waals surface area (Å²) in [6, 6.07) is 9.05. The standard InChI is InChI=1S/C19H27N3O2/c1-14-7-8-15-5-3-4-6-17(15)22(14)12-11-18(23)20-16-9-10-19(24)21(2)13-16/h3-6,14,16H,7-13H2,1-2H3,(H,20,23)/t14-,16+/m0/s1. The Balaban J connectivity index is 1.54. The second-order valence-corrected chi connectivity index (χ2v) is 7.04. The Hall–Kier alpha value is -2.04. The van der Waals surface area contributed by atoms with Gasteiger partial charge >= 0.3 is 0 Å². The Morgan fingerprint density at radius 3 is 2.83 bits per heavy atom. The van der Waals surface area contributed by atoms with Crippen LogP contribution in [-0.4, -0.2) is 48.9 Å². The molecule has 2 aliphatic rings. The molecule has 5 heteroatoms.